The highest BCUT2D eigenvalue weighted by atomic mass is 35.5. The highest BCUT2D eigenvalue weighted by Gasteiger charge is 2.12. The summed E-state index contributed by atoms with van der Waals surface area (Å²) in [5, 5.41) is 22.8. The maximum absolute atomic E-state index is 9.33. The fourth-order valence-electron chi connectivity index (χ4n) is 2.52. The first kappa shape index (κ1) is 20.2. The Hall–Kier alpha value is -2.54. The van der Waals surface area contributed by atoms with Crippen molar-refractivity contribution in [3.8, 4) is 34.1 Å². The Morgan fingerprint density at radius 2 is 1.79 bits per heavy atom. The third-order valence-electron chi connectivity index (χ3n) is 3.89. The molecule has 0 aliphatic rings. The molecule has 0 bridgehead atoms. The molecule has 2 N–H and O–H groups in total. The van der Waals surface area contributed by atoms with Gasteiger partial charge in [-0.3, -0.25) is 0 Å². The fourth-order valence-corrected chi connectivity index (χ4v) is 2.74. The van der Waals surface area contributed by atoms with Gasteiger partial charge >= 0.3 is 0 Å². The number of rotatable bonds is 8. The van der Waals surface area contributed by atoms with E-state index >= 15 is 0 Å². The molecule has 2 aromatic carbocycles. The molecule has 0 amide bonds. The van der Waals surface area contributed by atoms with Gasteiger partial charge in [0.2, 0.25) is 0 Å². The predicted octanol–water partition coefficient (Wildman–Crippen LogP) is 4.18. The van der Waals surface area contributed by atoms with Gasteiger partial charge in [0, 0.05) is 17.2 Å². The van der Waals surface area contributed by atoms with E-state index < -0.39 is 6.10 Å². The molecule has 3 rings (SSSR count). The monoisotopic (exact) mass is 403 g/mol. The Morgan fingerprint density at radius 1 is 1.07 bits per heavy atom. The van der Waals surface area contributed by atoms with Crippen LogP contribution in [0.3, 0.4) is 0 Å². The van der Waals surface area contributed by atoms with Crippen molar-refractivity contribution in [2.24, 2.45) is 0 Å². The van der Waals surface area contributed by atoms with E-state index in [1.165, 1.54) is 0 Å². The zero-order chi connectivity index (χ0) is 20.1. The van der Waals surface area contributed by atoms with E-state index in [0.717, 1.165) is 11.1 Å². The molecule has 0 fully saturated rings. The molecule has 28 heavy (non-hydrogen) atoms. The number of nitrogens with zero attached hydrogens (tertiary/aromatic N) is 1. The lowest BCUT2D eigenvalue weighted by Crippen LogP contribution is -2.21. The lowest BCUT2D eigenvalue weighted by molar-refractivity contribution is 0.0536. The predicted molar refractivity (Wildman–Crippen MR) is 107 cm³/mol. The maximum atomic E-state index is 9.33. The zero-order valence-electron chi connectivity index (χ0n) is 15.6. The number of aromatic nitrogens is 1. The van der Waals surface area contributed by atoms with Crippen LogP contribution in [0.25, 0.3) is 22.6 Å². The van der Waals surface area contributed by atoms with Gasteiger partial charge in [0.05, 0.1) is 17.7 Å². The van der Waals surface area contributed by atoms with Crippen molar-refractivity contribution in [1.29, 1.82) is 0 Å². The van der Waals surface area contributed by atoms with E-state index in [2.05, 4.69) is 5.16 Å². The summed E-state index contributed by atoms with van der Waals surface area (Å²) in [6.07, 6.45) is -0.860. The topological polar surface area (TPSA) is 85.0 Å². The van der Waals surface area contributed by atoms with Crippen LogP contribution in [-0.2, 0) is 0 Å². The molecule has 0 aliphatic heterocycles. The van der Waals surface area contributed by atoms with E-state index in [-0.39, 0.29) is 19.3 Å². The number of ether oxygens (including phenoxy) is 2. The molecule has 3 aromatic rings. The quantitative estimate of drug-likeness (QED) is 0.586. The van der Waals surface area contributed by atoms with Gasteiger partial charge in [0.15, 0.2) is 5.76 Å². The number of aliphatic hydroxyl groups excluding tert-OH is 2. The van der Waals surface area contributed by atoms with Gasteiger partial charge in [0.1, 0.15) is 29.9 Å². The van der Waals surface area contributed by atoms with Crippen molar-refractivity contribution in [3.63, 3.8) is 0 Å². The third kappa shape index (κ3) is 5.04. The molecule has 0 unspecified atom stereocenters. The molecule has 0 spiro atoms. The molecule has 0 radical (unpaired) electrons. The Bertz CT molecular complexity index is 907. The van der Waals surface area contributed by atoms with Crippen molar-refractivity contribution in [2.75, 3.05) is 13.2 Å². The Kier molecular flexibility index (Phi) is 6.57. The van der Waals surface area contributed by atoms with Crippen LogP contribution in [-0.4, -0.2) is 40.8 Å². The zero-order valence-corrected chi connectivity index (χ0v) is 16.4. The largest absolute Gasteiger partial charge is 0.491 e. The van der Waals surface area contributed by atoms with Crippen LogP contribution in [0.5, 0.6) is 11.5 Å². The fraction of sp³-hybridized carbons (Fsp3) is 0.286. The molecule has 1 atom stereocenters. The van der Waals surface area contributed by atoms with Crippen LogP contribution in [0.2, 0.25) is 5.02 Å². The average Bonchev–Trinajstić information content (AvgIpc) is 3.18. The molecular weight excluding hydrogens is 382 g/mol. The van der Waals surface area contributed by atoms with E-state index in [9.17, 15) is 5.11 Å². The van der Waals surface area contributed by atoms with Gasteiger partial charge in [0.25, 0.3) is 0 Å². The highest BCUT2D eigenvalue weighted by molar-refractivity contribution is 6.32. The summed E-state index contributed by atoms with van der Waals surface area (Å²) in [6.45, 7) is 3.57. The van der Waals surface area contributed by atoms with Gasteiger partial charge in [-0.1, -0.05) is 16.8 Å². The van der Waals surface area contributed by atoms with Crippen LogP contribution in [0.15, 0.2) is 53.1 Å². The first-order valence-corrected chi connectivity index (χ1v) is 9.29. The number of aliphatic hydroxyl groups is 2. The standard InChI is InChI=1S/C21H22ClNO5/c1-13(2)27-20-8-5-15(9-18(20)22)19-10-21(28-23-19)14-3-6-17(7-4-14)26-12-16(25)11-24/h3-10,13,16,24-25H,11-12H2,1-2H3/t16-/m0/s1. The Morgan fingerprint density at radius 3 is 2.43 bits per heavy atom. The summed E-state index contributed by atoms with van der Waals surface area (Å²) in [6, 6.07) is 14.5. The van der Waals surface area contributed by atoms with Crippen molar-refractivity contribution in [2.45, 2.75) is 26.1 Å². The van der Waals surface area contributed by atoms with Crippen LogP contribution in [0, 0.1) is 0 Å². The summed E-state index contributed by atoms with van der Waals surface area (Å²) >= 11 is 6.30. The first-order valence-electron chi connectivity index (χ1n) is 8.91. The van der Waals surface area contributed by atoms with Crippen LogP contribution >= 0.6 is 11.6 Å². The number of halogens is 1. The summed E-state index contributed by atoms with van der Waals surface area (Å²) in [5.74, 6) is 1.82. The molecule has 148 valence electrons. The average molecular weight is 404 g/mol. The van der Waals surface area contributed by atoms with E-state index in [1.807, 2.05) is 44.2 Å². The number of benzene rings is 2. The second-order valence-electron chi connectivity index (χ2n) is 6.56. The highest BCUT2D eigenvalue weighted by Crippen LogP contribution is 2.32. The molecule has 1 heterocycles. The number of hydrogen-bond donors (Lipinski definition) is 2. The molecule has 0 saturated heterocycles. The maximum Gasteiger partial charge on any atom is 0.167 e. The summed E-state index contributed by atoms with van der Waals surface area (Å²) in [5.41, 5.74) is 2.33. The first-order chi connectivity index (χ1) is 13.5. The van der Waals surface area contributed by atoms with Crippen molar-refractivity contribution < 1.29 is 24.2 Å². The van der Waals surface area contributed by atoms with Crippen LogP contribution in [0.4, 0.5) is 0 Å². The van der Waals surface area contributed by atoms with Gasteiger partial charge in [-0.25, -0.2) is 0 Å². The van der Waals surface area contributed by atoms with Gasteiger partial charge < -0.3 is 24.2 Å². The van der Waals surface area contributed by atoms with Crippen LogP contribution < -0.4 is 9.47 Å². The molecule has 1 aromatic heterocycles. The molecule has 0 aliphatic carbocycles. The van der Waals surface area contributed by atoms with Gasteiger partial charge in [-0.05, 0) is 56.3 Å². The minimum Gasteiger partial charge on any atom is -0.491 e. The van der Waals surface area contributed by atoms with Crippen molar-refractivity contribution in [1.82, 2.24) is 5.16 Å². The lowest BCUT2D eigenvalue weighted by Gasteiger charge is -2.11. The van der Waals surface area contributed by atoms with Gasteiger partial charge in [-0.15, -0.1) is 0 Å². The normalized spacial score (nSPS) is 12.2. The summed E-state index contributed by atoms with van der Waals surface area (Å²) in [7, 11) is 0. The molecule has 7 heteroatoms. The Labute approximate surface area is 168 Å². The molecular formula is C21H22ClNO5. The van der Waals surface area contributed by atoms with E-state index in [0.29, 0.717) is 28.0 Å². The Balaban J connectivity index is 1.72. The smallest absolute Gasteiger partial charge is 0.167 e. The van der Waals surface area contributed by atoms with E-state index in [4.69, 9.17) is 30.7 Å². The molecule has 0 saturated carbocycles. The summed E-state index contributed by atoms with van der Waals surface area (Å²) in [4.78, 5) is 0. The third-order valence-corrected chi connectivity index (χ3v) is 4.19. The second-order valence-corrected chi connectivity index (χ2v) is 6.97. The minimum atomic E-state index is -0.902. The minimum absolute atomic E-state index is 0.0274. The number of hydrogen-bond acceptors (Lipinski definition) is 6. The van der Waals surface area contributed by atoms with Gasteiger partial charge in [-0.2, -0.15) is 0 Å². The van der Waals surface area contributed by atoms with E-state index in [1.54, 1.807) is 18.2 Å². The second kappa shape index (κ2) is 9.10. The SMILES string of the molecule is CC(C)Oc1ccc(-c2cc(-c3ccc(OC[C@@H](O)CO)cc3)on2)cc1Cl. The summed E-state index contributed by atoms with van der Waals surface area (Å²) < 4.78 is 16.5. The molecule has 6 nitrogen and oxygen atoms in total. The van der Waals surface area contributed by atoms with Crippen molar-refractivity contribution in [3.05, 3.63) is 53.6 Å². The van der Waals surface area contributed by atoms with Crippen LogP contribution in [0.1, 0.15) is 13.8 Å². The van der Waals surface area contributed by atoms with Crippen molar-refractivity contribution >= 4 is 11.6 Å². The lowest BCUT2D eigenvalue weighted by atomic mass is 10.1.